The molecule has 0 heterocycles. The summed E-state index contributed by atoms with van der Waals surface area (Å²) in [6, 6.07) is 4.66. The predicted octanol–water partition coefficient (Wildman–Crippen LogP) is 0.703. The minimum Gasteiger partial charge on any atom is -0.384 e. The maximum absolute atomic E-state index is 11.3. The molecule has 0 amide bonds. The second kappa shape index (κ2) is 5.46. The number of nitro benzene ring substituents is 1. The number of rotatable bonds is 3. The van der Waals surface area contributed by atoms with Gasteiger partial charge >= 0.3 is 17.7 Å². The summed E-state index contributed by atoms with van der Waals surface area (Å²) in [6.07, 6.45) is 0. The number of hydrogen-bond donors (Lipinski definition) is 0. The van der Waals surface area contributed by atoms with Gasteiger partial charge in [0.15, 0.2) is 0 Å². The molecule has 0 aliphatic rings. The van der Waals surface area contributed by atoms with E-state index in [1.54, 1.807) is 0 Å². The van der Waals surface area contributed by atoms with Gasteiger partial charge in [-0.05, 0) is 12.1 Å². The maximum atomic E-state index is 11.3. The van der Waals surface area contributed by atoms with Crippen LogP contribution in [0, 0.1) is 10.1 Å². The number of hydrogen-bond acceptors (Lipinski definition) is 5. The number of nitro groups is 1. The molecule has 0 unspecified atom stereocenters. The highest BCUT2D eigenvalue weighted by Crippen LogP contribution is 2.12. The van der Waals surface area contributed by atoms with Crippen molar-refractivity contribution in [1.29, 1.82) is 0 Å². The van der Waals surface area contributed by atoms with Crippen molar-refractivity contribution in [3.63, 3.8) is 0 Å². The van der Waals surface area contributed by atoms with E-state index in [1.165, 1.54) is 12.1 Å². The molecule has 0 spiro atoms. The van der Waals surface area contributed by atoms with Crippen molar-refractivity contribution in [2.24, 2.45) is 0 Å². The van der Waals surface area contributed by atoms with Gasteiger partial charge in [0.1, 0.15) is 0 Å². The fourth-order valence-corrected chi connectivity index (χ4v) is 1.14. The molecule has 8 heteroatoms. The molecule has 92 valence electrons. The normalized spacial score (nSPS) is 9.17. The Labute approximate surface area is 101 Å². The number of esters is 2. The van der Waals surface area contributed by atoms with E-state index in [0.717, 1.165) is 19.1 Å². The summed E-state index contributed by atoms with van der Waals surface area (Å²) in [6.45, 7) is 1.02. The average Bonchev–Trinajstić information content (AvgIpc) is 2.29. The molecule has 0 saturated carbocycles. The SMILES string of the molecule is CC(=O)OC(=O)C(=[N+]=[N-])c1ccc([N+](=O)[O-])cc1. The van der Waals surface area contributed by atoms with Crippen molar-refractivity contribution in [3.05, 3.63) is 45.5 Å². The van der Waals surface area contributed by atoms with Crippen molar-refractivity contribution in [2.45, 2.75) is 6.92 Å². The van der Waals surface area contributed by atoms with Crippen LogP contribution in [-0.2, 0) is 14.3 Å². The van der Waals surface area contributed by atoms with Crippen LogP contribution in [0.3, 0.4) is 0 Å². The van der Waals surface area contributed by atoms with E-state index in [1.807, 2.05) is 0 Å². The van der Waals surface area contributed by atoms with Gasteiger partial charge in [0.05, 0.1) is 10.5 Å². The minimum atomic E-state index is -1.14. The summed E-state index contributed by atoms with van der Waals surface area (Å²) in [5.41, 5.74) is 8.08. The smallest absolute Gasteiger partial charge is 0.384 e. The van der Waals surface area contributed by atoms with Gasteiger partial charge in [-0.3, -0.25) is 14.9 Å². The number of non-ortho nitro benzene ring substituents is 1. The molecule has 0 saturated heterocycles. The lowest BCUT2D eigenvalue weighted by Crippen LogP contribution is -2.21. The van der Waals surface area contributed by atoms with Crippen LogP contribution in [0.5, 0.6) is 0 Å². The van der Waals surface area contributed by atoms with Crippen LogP contribution < -0.4 is 0 Å². The molecular formula is C10H7N3O5. The van der Waals surface area contributed by atoms with Gasteiger partial charge in [0.25, 0.3) is 5.69 Å². The molecule has 18 heavy (non-hydrogen) atoms. The van der Waals surface area contributed by atoms with E-state index in [9.17, 15) is 19.7 Å². The van der Waals surface area contributed by atoms with Gasteiger partial charge in [-0.1, -0.05) is 0 Å². The Morgan fingerprint density at radius 3 is 2.28 bits per heavy atom. The Balaban J connectivity index is 3.04. The minimum absolute atomic E-state index is 0.0920. The van der Waals surface area contributed by atoms with Crippen LogP contribution in [0.2, 0.25) is 0 Å². The van der Waals surface area contributed by atoms with Crippen LogP contribution >= 0.6 is 0 Å². The zero-order chi connectivity index (χ0) is 13.7. The Morgan fingerprint density at radius 1 is 1.33 bits per heavy atom. The van der Waals surface area contributed by atoms with E-state index < -0.39 is 22.6 Å². The summed E-state index contributed by atoms with van der Waals surface area (Å²) < 4.78 is 4.23. The van der Waals surface area contributed by atoms with E-state index in [-0.39, 0.29) is 11.3 Å². The van der Waals surface area contributed by atoms with Crippen LogP contribution in [0.15, 0.2) is 24.3 Å². The van der Waals surface area contributed by atoms with Gasteiger partial charge in [-0.15, -0.1) is 0 Å². The third-order valence-electron chi connectivity index (χ3n) is 1.88. The lowest BCUT2D eigenvalue weighted by Gasteiger charge is -1.96. The molecule has 1 aromatic carbocycles. The summed E-state index contributed by atoms with van der Waals surface area (Å²) in [7, 11) is 0. The standard InChI is InChI=1S/C10H7N3O5/c1-6(14)18-10(15)9(12-11)7-2-4-8(5-3-7)13(16)17/h2-5H,1H3. The zero-order valence-electron chi connectivity index (χ0n) is 9.19. The summed E-state index contributed by atoms with van der Waals surface area (Å²) in [5, 5.41) is 10.4. The maximum Gasteiger partial charge on any atom is 0.429 e. The molecule has 0 aliphatic carbocycles. The monoisotopic (exact) mass is 249 g/mol. The highest BCUT2D eigenvalue weighted by molar-refractivity contribution is 6.41. The molecule has 0 atom stereocenters. The fraction of sp³-hybridized carbons (Fsp3) is 0.100. The van der Waals surface area contributed by atoms with Gasteiger partial charge in [0, 0.05) is 19.1 Å². The molecule has 0 radical (unpaired) electrons. The topological polar surface area (TPSA) is 123 Å². The molecule has 0 aliphatic heterocycles. The molecular weight excluding hydrogens is 242 g/mol. The lowest BCUT2D eigenvalue weighted by molar-refractivity contribution is -0.384. The number of carbonyl (C=O) groups excluding carboxylic acids is 2. The first-order valence-electron chi connectivity index (χ1n) is 4.65. The van der Waals surface area contributed by atoms with Crippen molar-refractivity contribution >= 4 is 23.3 Å². The van der Waals surface area contributed by atoms with Gasteiger partial charge in [0.2, 0.25) is 0 Å². The van der Waals surface area contributed by atoms with Crippen molar-refractivity contribution < 1.29 is 24.0 Å². The van der Waals surface area contributed by atoms with Crippen LogP contribution in [0.4, 0.5) is 5.69 Å². The second-order valence-corrected chi connectivity index (χ2v) is 3.13. The van der Waals surface area contributed by atoms with Crippen molar-refractivity contribution in [3.8, 4) is 0 Å². The summed E-state index contributed by atoms with van der Waals surface area (Å²) in [5.74, 6) is -2.00. The quantitative estimate of drug-likeness (QED) is 0.148. The first-order chi connectivity index (χ1) is 8.45. The molecule has 1 rings (SSSR count). The van der Waals surface area contributed by atoms with E-state index >= 15 is 0 Å². The van der Waals surface area contributed by atoms with E-state index in [2.05, 4.69) is 9.53 Å². The fourth-order valence-electron chi connectivity index (χ4n) is 1.14. The predicted molar refractivity (Wildman–Crippen MR) is 57.6 cm³/mol. The number of ether oxygens (including phenoxy) is 1. The molecule has 0 fully saturated rings. The average molecular weight is 249 g/mol. The third-order valence-corrected chi connectivity index (χ3v) is 1.88. The number of benzene rings is 1. The summed E-state index contributed by atoms with van der Waals surface area (Å²) >= 11 is 0. The highest BCUT2D eigenvalue weighted by Gasteiger charge is 2.26. The van der Waals surface area contributed by atoms with Crippen molar-refractivity contribution in [1.82, 2.24) is 0 Å². The summed E-state index contributed by atoms with van der Waals surface area (Å²) in [4.78, 5) is 34.4. The number of nitrogens with zero attached hydrogens (tertiary/aromatic N) is 3. The third kappa shape index (κ3) is 3.06. The van der Waals surface area contributed by atoms with Crippen molar-refractivity contribution in [2.75, 3.05) is 0 Å². The van der Waals surface area contributed by atoms with E-state index in [0.29, 0.717) is 0 Å². The molecule has 1 aromatic rings. The Morgan fingerprint density at radius 2 is 1.89 bits per heavy atom. The number of carbonyl (C=O) groups is 2. The molecule has 0 aromatic heterocycles. The van der Waals surface area contributed by atoms with Crippen LogP contribution in [0.25, 0.3) is 5.53 Å². The highest BCUT2D eigenvalue weighted by atomic mass is 16.6. The zero-order valence-corrected chi connectivity index (χ0v) is 9.19. The van der Waals surface area contributed by atoms with E-state index in [4.69, 9.17) is 5.53 Å². The largest absolute Gasteiger partial charge is 0.429 e. The van der Waals surface area contributed by atoms with Gasteiger partial charge < -0.3 is 10.3 Å². The first kappa shape index (κ1) is 13.2. The second-order valence-electron chi connectivity index (χ2n) is 3.13. The first-order valence-corrected chi connectivity index (χ1v) is 4.65. The molecule has 0 N–H and O–H groups in total. The Bertz CT molecular complexity index is 557. The van der Waals surface area contributed by atoms with Gasteiger partial charge in [-0.25, -0.2) is 4.79 Å². The Kier molecular flexibility index (Phi) is 4.01. The molecule has 0 bridgehead atoms. The van der Waals surface area contributed by atoms with Crippen LogP contribution in [0.1, 0.15) is 12.5 Å². The lowest BCUT2D eigenvalue weighted by atomic mass is 10.1. The Hall–Kier alpha value is -2.86. The molecule has 8 nitrogen and oxygen atoms in total. The van der Waals surface area contributed by atoms with Crippen LogP contribution in [-0.4, -0.2) is 27.4 Å². The van der Waals surface area contributed by atoms with Gasteiger partial charge in [-0.2, -0.15) is 4.79 Å².